The van der Waals surface area contributed by atoms with E-state index in [0.29, 0.717) is 33.2 Å². The van der Waals surface area contributed by atoms with Gasteiger partial charge in [-0.25, -0.2) is 4.90 Å². The number of carboxylic acids is 1. The Labute approximate surface area is 334 Å². The van der Waals surface area contributed by atoms with Crippen molar-refractivity contribution in [2.24, 2.45) is 0 Å². The summed E-state index contributed by atoms with van der Waals surface area (Å²) in [4.78, 5) is 52.5. The first-order chi connectivity index (χ1) is 27.1. The lowest BCUT2D eigenvalue weighted by Crippen LogP contribution is -2.28. The van der Waals surface area contributed by atoms with Crippen molar-refractivity contribution in [1.82, 2.24) is 20.1 Å². The number of carboxylic acid groups (broad SMARTS) is 1. The molecule has 0 bridgehead atoms. The van der Waals surface area contributed by atoms with E-state index >= 15 is 0 Å². The van der Waals surface area contributed by atoms with Crippen LogP contribution in [0.1, 0.15) is 73.4 Å². The van der Waals surface area contributed by atoms with Gasteiger partial charge in [-0.15, -0.1) is 9.05 Å². The molecule has 2 aromatic carbocycles. The third-order valence-corrected chi connectivity index (χ3v) is 12.9. The normalized spacial score (nSPS) is 14.1. The van der Waals surface area contributed by atoms with Crippen molar-refractivity contribution in [2.75, 3.05) is 58.1 Å². The Morgan fingerprint density at radius 2 is 1.33 bits per heavy atom. The molecular formula is C36H50N4O13P4+2. The average Bonchev–Trinajstić information content (AvgIpc) is 3.11. The summed E-state index contributed by atoms with van der Waals surface area (Å²) < 4.78 is 71.8. The zero-order valence-electron chi connectivity index (χ0n) is 32.4. The lowest BCUT2D eigenvalue weighted by atomic mass is 9.99. The average molecular weight is 871 g/mol. The molecule has 0 aliphatic heterocycles. The summed E-state index contributed by atoms with van der Waals surface area (Å²) in [6, 6.07) is 13.8. The maximum atomic E-state index is 13.1. The Morgan fingerprint density at radius 3 is 1.86 bits per heavy atom. The van der Waals surface area contributed by atoms with Crippen molar-refractivity contribution in [2.45, 2.75) is 53.6 Å². The van der Waals surface area contributed by atoms with Crippen molar-refractivity contribution in [3.63, 3.8) is 0 Å². The van der Waals surface area contributed by atoms with Crippen LogP contribution in [-0.4, -0.2) is 99.7 Å². The van der Waals surface area contributed by atoms with Gasteiger partial charge < -0.3 is 29.3 Å². The molecule has 0 radical (unpaired) electrons. The molecule has 0 saturated carbocycles. The summed E-state index contributed by atoms with van der Waals surface area (Å²) in [6.07, 6.45) is -1.21. The van der Waals surface area contributed by atoms with Crippen LogP contribution in [0, 0.1) is 11.8 Å². The Kier molecular flexibility index (Phi) is 20.2. The lowest BCUT2D eigenvalue weighted by Gasteiger charge is -2.26. The molecule has 0 aliphatic carbocycles. The number of aromatic nitrogens is 1. The standard InChI is InChI=1S/C36H48N4O13P4/c1-5-50-54(44)24-39(25-55(45)51-6-2)22-30-20-28(21-31(38-30)23-40(26-56(46,47)52-7-3)27-57(48,49)53-8-4)15-16-29-17-18-34(33-13-10-9-12-32(29)33)36(43)37-19-11-14-35(41)42/h9-10,12-13,17-18,20-21H,5-8,11,14,19,22-27H2,1-4H3,(H2-2,37,41,42,43,46,47,48,49)/p+2. The maximum absolute atomic E-state index is 13.1. The van der Waals surface area contributed by atoms with Gasteiger partial charge in [-0.1, -0.05) is 36.1 Å². The summed E-state index contributed by atoms with van der Waals surface area (Å²) in [6.45, 7) is 6.72. The zero-order valence-corrected chi connectivity index (χ0v) is 35.9. The molecule has 4 N–H and O–H groups in total. The van der Waals surface area contributed by atoms with Gasteiger partial charge in [0, 0.05) is 42.7 Å². The smallest absolute Gasteiger partial charge is 0.481 e. The monoisotopic (exact) mass is 870 g/mol. The fourth-order valence-electron chi connectivity index (χ4n) is 5.60. The predicted octanol–water partition coefficient (Wildman–Crippen LogP) is 6.66. The highest BCUT2D eigenvalue weighted by molar-refractivity contribution is 7.53. The van der Waals surface area contributed by atoms with E-state index in [2.05, 4.69) is 17.2 Å². The van der Waals surface area contributed by atoms with Crippen LogP contribution in [0.3, 0.4) is 0 Å². The van der Waals surface area contributed by atoms with Crippen LogP contribution in [0.5, 0.6) is 0 Å². The summed E-state index contributed by atoms with van der Waals surface area (Å²) >= 11 is 0. The molecule has 0 spiro atoms. The number of nitrogens with zero attached hydrogens (tertiary/aromatic N) is 3. The number of pyridine rings is 1. The number of carbonyl (C=O) groups is 2. The number of carbonyl (C=O) groups excluding carboxylic acids is 1. The highest BCUT2D eigenvalue weighted by atomic mass is 31.2. The van der Waals surface area contributed by atoms with Gasteiger partial charge in [0.2, 0.25) is 12.6 Å². The lowest BCUT2D eigenvalue weighted by molar-refractivity contribution is -0.137. The molecule has 0 fully saturated rings. The van der Waals surface area contributed by atoms with Gasteiger partial charge in [0.1, 0.15) is 12.6 Å². The molecule has 0 saturated heterocycles. The Hall–Kier alpha value is -3.31. The van der Waals surface area contributed by atoms with Crippen molar-refractivity contribution in [3.05, 3.63) is 76.6 Å². The van der Waals surface area contributed by atoms with Crippen LogP contribution in [-0.2, 0) is 54.2 Å². The summed E-state index contributed by atoms with van der Waals surface area (Å²) in [5.41, 5.74) is 2.06. The van der Waals surface area contributed by atoms with Crippen molar-refractivity contribution in [1.29, 1.82) is 0 Å². The molecule has 0 aliphatic rings. The molecule has 17 nitrogen and oxygen atoms in total. The van der Waals surface area contributed by atoms with Gasteiger partial charge >= 0.3 is 37.2 Å². The molecule has 3 aromatic rings. The fourth-order valence-corrected chi connectivity index (χ4v) is 10.1. The number of hydrogen-bond acceptors (Lipinski definition) is 13. The topological polar surface area (TPSA) is 231 Å². The van der Waals surface area contributed by atoms with Crippen molar-refractivity contribution in [3.8, 4) is 11.8 Å². The number of benzene rings is 2. The van der Waals surface area contributed by atoms with Crippen LogP contribution >= 0.6 is 31.2 Å². The van der Waals surface area contributed by atoms with Crippen LogP contribution in [0.4, 0.5) is 0 Å². The first kappa shape index (κ1) is 48.1. The van der Waals surface area contributed by atoms with Gasteiger partial charge in [0.25, 0.3) is 5.91 Å². The van der Waals surface area contributed by atoms with Gasteiger partial charge in [-0.05, 0) is 78.3 Å². The second-order valence-electron chi connectivity index (χ2n) is 12.4. The molecule has 57 heavy (non-hydrogen) atoms. The summed E-state index contributed by atoms with van der Waals surface area (Å²) in [5.74, 6) is 4.98. The van der Waals surface area contributed by atoms with Gasteiger partial charge in [0.05, 0.1) is 37.8 Å². The molecule has 4 atom stereocenters. The van der Waals surface area contributed by atoms with E-state index in [9.17, 15) is 37.6 Å². The second kappa shape index (κ2) is 23.9. The number of rotatable bonds is 25. The Bertz CT molecular complexity index is 1990. The van der Waals surface area contributed by atoms with Gasteiger partial charge in [-0.3, -0.25) is 28.6 Å². The maximum Gasteiger partial charge on any atom is 0.524 e. The fraction of sp³-hybridized carbons (Fsp3) is 0.472. The zero-order chi connectivity index (χ0) is 42.0. The third-order valence-electron chi connectivity index (χ3n) is 7.66. The number of hydrogen-bond donors (Lipinski definition) is 4. The van der Waals surface area contributed by atoms with Crippen LogP contribution in [0.15, 0.2) is 48.5 Å². The van der Waals surface area contributed by atoms with E-state index in [1.54, 1.807) is 75.1 Å². The van der Waals surface area contributed by atoms with Crippen LogP contribution in [0.2, 0.25) is 0 Å². The first-order valence-corrected chi connectivity index (χ1v) is 24.4. The molecular weight excluding hydrogens is 820 g/mol. The number of aliphatic carboxylic acids is 1. The highest BCUT2D eigenvalue weighted by Crippen LogP contribution is 2.47. The highest BCUT2D eigenvalue weighted by Gasteiger charge is 2.32. The van der Waals surface area contributed by atoms with Gasteiger partial charge in [-0.2, -0.15) is 0 Å². The minimum Gasteiger partial charge on any atom is -0.481 e. The van der Waals surface area contributed by atoms with E-state index in [1.807, 2.05) is 6.07 Å². The van der Waals surface area contributed by atoms with Crippen LogP contribution < -0.4 is 5.32 Å². The number of fused-ring (bicyclic) bond motifs is 1. The largest absolute Gasteiger partial charge is 0.524 e. The van der Waals surface area contributed by atoms with Crippen molar-refractivity contribution < 1.29 is 60.8 Å². The van der Waals surface area contributed by atoms with E-state index in [4.69, 9.17) is 28.2 Å². The van der Waals surface area contributed by atoms with E-state index in [0.717, 1.165) is 0 Å². The third kappa shape index (κ3) is 17.2. The molecule has 21 heteroatoms. The van der Waals surface area contributed by atoms with E-state index in [-0.39, 0.29) is 83.1 Å². The number of amides is 1. The van der Waals surface area contributed by atoms with E-state index < -0.39 is 49.8 Å². The number of nitrogens with one attached hydrogen (secondary N) is 1. The quantitative estimate of drug-likeness (QED) is 0.0396. The molecule has 1 aromatic heterocycles. The molecule has 1 amide bonds. The minimum absolute atomic E-state index is 0.0128. The predicted molar refractivity (Wildman–Crippen MR) is 215 cm³/mol. The molecule has 3 rings (SSSR count). The SMILES string of the molecule is CCO[P+](=O)CN(Cc1cc(C#Cc2ccc(C(=O)NCCCC(=O)O)c3ccccc23)cc(CN(CP(=O)(O)OCC)CP(=O)(O)OCC)n1)C[P+](=O)OCC. The van der Waals surface area contributed by atoms with Crippen molar-refractivity contribution >= 4 is 53.9 Å². The molecule has 310 valence electrons. The Morgan fingerprint density at radius 1 is 0.789 bits per heavy atom. The van der Waals surface area contributed by atoms with Gasteiger partial charge in [0.15, 0.2) is 0 Å². The van der Waals surface area contributed by atoms with Crippen LogP contribution in [0.25, 0.3) is 10.8 Å². The Balaban J connectivity index is 2.11. The summed E-state index contributed by atoms with van der Waals surface area (Å²) in [7, 11) is -12.8. The summed E-state index contributed by atoms with van der Waals surface area (Å²) in [5, 5.41) is 13.0. The van der Waals surface area contributed by atoms with E-state index in [1.165, 1.54) is 4.90 Å². The minimum atomic E-state index is -4.25. The molecule has 1 heterocycles. The second-order valence-corrected chi connectivity index (χ2v) is 18.4. The molecule has 4 unspecified atom stereocenters. The first-order valence-electron chi connectivity index (χ1n) is 18.1.